The lowest BCUT2D eigenvalue weighted by atomic mass is 10.1. The summed E-state index contributed by atoms with van der Waals surface area (Å²) in [6.45, 7) is -0.664. The van der Waals surface area contributed by atoms with Crippen molar-refractivity contribution in [1.82, 2.24) is 14.6 Å². The van der Waals surface area contributed by atoms with E-state index >= 15 is 0 Å². The van der Waals surface area contributed by atoms with E-state index in [9.17, 15) is 18.4 Å². The van der Waals surface area contributed by atoms with Crippen LogP contribution in [0.25, 0.3) is 10.8 Å². The summed E-state index contributed by atoms with van der Waals surface area (Å²) in [5.74, 6) is -3.05. The Bertz CT molecular complexity index is 1240. The molecular weight excluding hydrogens is 493 g/mol. The highest BCUT2D eigenvalue weighted by Gasteiger charge is 2.51. The average molecular weight is 513 g/mol. The summed E-state index contributed by atoms with van der Waals surface area (Å²) < 4.78 is 47.1. The molecule has 180 valence electrons. The number of carbonyl (C=O) groups excluding carboxylic acids is 1. The van der Waals surface area contributed by atoms with Crippen molar-refractivity contribution in [3.05, 3.63) is 64.2 Å². The molecule has 1 aliphatic rings. The summed E-state index contributed by atoms with van der Waals surface area (Å²) in [4.78, 5) is 26.5. The quantitative estimate of drug-likeness (QED) is 0.329. The monoisotopic (exact) mass is 512 g/mol. The van der Waals surface area contributed by atoms with E-state index in [1.807, 2.05) is 30.3 Å². The first-order valence-corrected chi connectivity index (χ1v) is 11.7. The van der Waals surface area contributed by atoms with Crippen molar-refractivity contribution in [2.45, 2.75) is 24.7 Å². The van der Waals surface area contributed by atoms with Gasteiger partial charge in [0.25, 0.3) is 5.92 Å². The summed E-state index contributed by atoms with van der Waals surface area (Å²) in [5, 5.41) is 4.41. The van der Waals surface area contributed by atoms with E-state index in [-0.39, 0.29) is 17.4 Å². The van der Waals surface area contributed by atoms with E-state index in [2.05, 4.69) is 10.1 Å². The lowest BCUT2D eigenvalue weighted by Crippen LogP contribution is -2.33. The van der Waals surface area contributed by atoms with Gasteiger partial charge < -0.3 is 24.3 Å². The second kappa shape index (κ2) is 10.3. The zero-order chi connectivity index (χ0) is 24.3. The van der Waals surface area contributed by atoms with Crippen molar-refractivity contribution in [2.24, 2.45) is 0 Å². The number of nitrogens with zero attached hydrogens (tertiary/aromatic N) is 2. The normalized spacial score (nSPS) is 20.3. The van der Waals surface area contributed by atoms with Crippen molar-refractivity contribution in [1.29, 1.82) is 0 Å². The van der Waals surface area contributed by atoms with Crippen LogP contribution in [0.3, 0.4) is 0 Å². The van der Waals surface area contributed by atoms with Crippen molar-refractivity contribution in [3.63, 3.8) is 0 Å². The fourth-order valence-corrected chi connectivity index (χ4v) is 4.59. The highest BCUT2D eigenvalue weighted by molar-refractivity contribution is 7.45. The molecule has 2 aromatic carbocycles. The first-order chi connectivity index (χ1) is 16.3. The third-order valence-electron chi connectivity index (χ3n) is 5.06. The smallest absolute Gasteiger partial charge is 0.351 e. The molecule has 34 heavy (non-hydrogen) atoms. The molecule has 0 aliphatic carbocycles. The van der Waals surface area contributed by atoms with Gasteiger partial charge in [-0.3, -0.25) is 4.57 Å². The number of hydrogen-bond acceptors (Lipinski definition) is 8. The van der Waals surface area contributed by atoms with Crippen LogP contribution in [-0.4, -0.2) is 41.0 Å². The van der Waals surface area contributed by atoms with Crippen molar-refractivity contribution in [2.75, 3.05) is 18.9 Å². The molecule has 3 unspecified atom stereocenters. The van der Waals surface area contributed by atoms with E-state index < -0.39 is 45.5 Å². The van der Waals surface area contributed by atoms with Gasteiger partial charge in [-0.05, 0) is 11.5 Å². The Hall–Kier alpha value is -2.69. The lowest BCUT2D eigenvalue weighted by Gasteiger charge is -2.22. The number of fused-ring (bicyclic) bond motifs is 1. The van der Waals surface area contributed by atoms with E-state index in [0.29, 0.717) is 12.0 Å². The molecule has 0 amide bonds. The fourth-order valence-electron chi connectivity index (χ4n) is 3.41. The summed E-state index contributed by atoms with van der Waals surface area (Å²) in [6.07, 6.45) is -2.06. The van der Waals surface area contributed by atoms with Crippen LogP contribution in [0.4, 0.5) is 14.6 Å². The van der Waals surface area contributed by atoms with Crippen LogP contribution in [-0.2, 0) is 14.1 Å². The number of aromatic nitrogens is 2. The number of carbonyl (C=O) groups is 1. The largest absolute Gasteiger partial charge is 0.435 e. The first kappa shape index (κ1) is 24.4. The van der Waals surface area contributed by atoms with Gasteiger partial charge >= 0.3 is 14.2 Å². The number of hydrogen-bond donors (Lipinski definition) is 2. The van der Waals surface area contributed by atoms with Gasteiger partial charge in [0.05, 0.1) is 24.6 Å². The van der Waals surface area contributed by atoms with Gasteiger partial charge in [-0.15, -0.1) is 0 Å². The van der Waals surface area contributed by atoms with E-state index in [4.69, 9.17) is 31.1 Å². The lowest BCUT2D eigenvalue weighted by molar-refractivity contribution is -0.107. The van der Waals surface area contributed by atoms with Crippen molar-refractivity contribution in [3.8, 4) is 5.75 Å². The molecule has 13 heteroatoms. The number of rotatable bonds is 9. The number of nitrogens with two attached hydrogens (primary N) is 1. The molecule has 1 saturated heterocycles. The number of benzene rings is 2. The predicted molar refractivity (Wildman–Crippen MR) is 123 cm³/mol. The van der Waals surface area contributed by atoms with Crippen LogP contribution < -0.4 is 21.0 Å². The number of anilines is 1. The molecule has 9 nitrogen and oxygen atoms in total. The maximum atomic E-state index is 14.7. The van der Waals surface area contributed by atoms with Gasteiger partial charge in [-0.25, -0.2) is 18.7 Å². The van der Waals surface area contributed by atoms with Crippen LogP contribution in [0.5, 0.6) is 5.75 Å². The Morgan fingerprint density at radius 3 is 2.88 bits per heavy atom. The zero-order valence-electron chi connectivity index (χ0n) is 17.6. The van der Waals surface area contributed by atoms with Crippen LogP contribution in [0.15, 0.2) is 53.5 Å². The Balaban J connectivity index is 1.48. The molecule has 4 rings (SSSR count). The van der Waals surface area contributed by atoms with Gasteiger partial charge in [-0.1, -0.05) is 48.0 Å². The summed E-state index contributed by atoms with van der Waals surface area (Å²) >= 11 is 5.88. The summed E-state index contributed by atoms with van der Waals surface area (Å²) in [7, 11) is -1.97. The third kappa shape index (κ3) is 5.34. The Labute approximate surface area is 198 Å². The highest BCUT2D eigenvalue weighted by atomic mass is 35.5. The molecule has 1 aliphatic heterocycles. The standard InChI is InChI=1S/C21H20ClF2N4O5P/c22-15-11-28(20(30)27-19(15)25)18-10-21(23,24)17(32-18)12-31-34(26-8-9-29)33-16-7-3-5-13-4-1-2-6-14(13)16/h1-7,9,11,17-18,26H,8,10,12H2,(H2,25,27,30). The number of nitrogen functional groups attached to an aromatic ring is 1. The zero-order valence-corrected chi connectivity index (χ0v) is 19.2. The Morgan fingerprint density at radius 2 is 2.09 bits per heavy atom. The highest BCUT2D eigenvalue weighted by Crippen LogP contribution is 2.44. The number of ether oxygens (including phenoxy) is 1. The van der Waals surface area contributed by atoms with Gasteiger partial charge in [0.2, 0.25) is 0 Å². The molecule has 0 radical (unpaired) electrons. The Kier molecular flexibility index (Phi) is 7.39. The second-order valence-electron chi connectivity index (χ2n) is 7.36. The molecule has 3 atom stereocenters. The third-order valence-corrected chi connectivity index (χ3v) is 6.54. The van der Waals surface area contributed by atoms with Gasteiger partial charge in [0.1, 0.15) is 30.2 Å². The molecule has 0 saturated carbocycles. The number of halogens is 3. The molecule has 3 N–H and O–H groups in total. The van der Waals surface area contributed by atoms with Crippen LogP contribution in [0, 0.1) is 0 Å². The SMILES string of the molecule is Nc1nc(=O)n(C2CC(F)(F)C(COP(NCC=O)Oc3cccc4ccccc34)O2)cc1Cl. The fraction of sp³-hybridized carbons (Fsp3) is 0.286. The molecular formula is C21H20ClF2N4O5P. The minimum atomic E-state index is -3.32. The second-order valence-corrected chi connectivity index (χ2v) is 9.04. The van der Waals surface area contributed by atoms with Gasteiger partial charge in [-0.2, -0.15) is 4.98 Å². The van der Waals surface area contributed by atoms with Crippen LogP contribution >= 0.6 is 20.1 Å². The van der Waals surface area contributed by atoms with Crippen molar-refractivity contribution < 1.29 is 27.4 Å². The minimum Gasteiger partial charge on any atom is -0.435 e. The number of nitrogens with one attached hydrogen (secondary N) is 1. The molecule has 0 spiro atoms. The summed E-state index contributed by atoms with van der Waals surface area (Å²) in [6, 6.07) is 12.9. The maximum absolute atomic E-state index is 14.7. The average Bonchev–Trinajstić information content (AvgIpc) is 3.12. The number of aldehydes is 1. The molecule has 2 heterocycles. The van der Waals surface area contributed by atoms with Crippen LogP contribution in [0.1, 0.15) is 12.6 Å². The maximum Gasteiger partial charge on any atom is 0.351 e. The topological polar surface area (TPSA) is 118 Å². The van der Waals surface area contributed by atoms with E-state index in [0.717, 1.165) is 21.5 Å². The molecule has 1 fully saturated rings. The minimum absolute atomic E-state index is 0.0590. The van der Waals surface area contributed by atoms with E-state index in [1.54, 1.807) is 12.1 Å². The summed E-state index contributed by atoms with van der Waals surface area (Å²) in [5.41, 5.74) is 4.62. The van der Waals surface area contributed by atoms with Gasteiger partial charge in [0.15, 0.2) is 0 Å². The number of alkyl halides is 2. The van der Waals surface area contributed by atoms with E-state index in [1.165, 1.54) is 0 Å². The first-order valence-electron chi connectivity index (χ1n) is 10.1. The molecule has 0 bridgehead atoms. The van der Waals surface area contributed by atoms with Crippen molar-refractivity contribution >= 4 is 43.0 Å². The Morgan fingerprint density at radius 1 is 1.32 bits per heavy atom. The van der Waals surface area contributed by atoms with Gasteiger partial charge in [0, 0.05) is 11.6 Å². The van der Waals surface area contributed by atoms with Crippen LogP contribution in [0.2, 0.25) is 5.02 Å². The predicted octanol–water partition coefficient (Wildman–Crippen LogP) is 3.67. The molecule has 1 aromatic heterocycles. The molecule has 3 aromatic rings.